The number of hydrogen-bond donors (Lipinski definition) is 2. The molecule has 0 amide bonds. The van der Waals surface area contributed by atoms with Crippen LogP contribution in [0.2, 0.25) is 0 Å². The molecule has 0 bridgehead atoms. The number of anilines is 1. The van der Waals surface area contributed by atoms with Crippen molar-refractivity contribution in [3.63, 3.8) is 0 Å². The number of aromatic nitrogens is 2. The van der Waals surface area contributed by atoms with Crippen molar-refractivity contribution in [2.75, 3.05) is 31.6 Å². The summed E-state index contributed by atoms with van der Waals surface area (Å²) in [5, 5.41) is 6.58. The van der Waals surface area contributed by atoms with Gasteiger partial charge in [0.05, 0.1) is 16.3 Å². The van der Waals surface area contributed by atoms with Gasteiger partial charge in [0.1, 0.15) is 12.1 Å². The third kappa shape index (κ3) is 4.36. The highest BCUT2D eigenvalue weighted by molar-refractivity contribution is 14.1. The molecule has 0 aliphatic carbocycles. The minimum absolute atomic E-state index is 0.419. The molecule has 1 aromatic heterocycles. The lowest BCUT2D eigenvalue weighted by Crippen LogP contribution is -2.33. The molecule has 0 atom stereocenters. The molecule has 1 saturated heterocycles. The SMILES string of the molecule is Ic1cncnc1NCCOC1CCNCC1. The Labute approximate surface area is 115 Å². The highest BCUT2D eigenvalue weighted by Gasteiger charge is 2.12. The van der Waals surface area contributed by atoms with E-state index in [2.05, 4.69) is 43.2 Å². The van der Waals surface area contributed by atoms with Crippen molar-refractivity contribution in [2.24, 2.45) is 0 Å². The molecule has 0 aromatic carbocycles. The highest BCUT2D eigenvalue weighted by atomic mass is 127. The monoisotopic (exact) mass is 348 g/mol. The van der Waals surface area contributed by atoms with Gasteiger partial charge in [-0.25, -0.2) is 9.97 Å². The van der Waals surface area contributed by atoms with Crippen molar-refractivity contribution in [1.82, 2.24) is 15.3 Å². The Morgan fingerprint density at radius 2 is 2.29 bits per heavy atom. The predicted molar refractivity (Wildman–Crippen MR) is 75.1 cm³/mol. The van der Waals surface area contributed by atoms with E-state index in [1.54, 1.807) is 12.5 Å². The second-order valence-corrected chi connectivity index (χ2v) is 5.13. The maximum atomic E-state index is 5.80. The van der Waals surface area contributed by atoms with Crippen LogP contribution in [-0.4, -0.2) is 42.3 Å². The predicted octanol–water partition coefficient (Wildman–Crippen LogP) is 1.26. The van der Waals surface area contributed by atoms with Crippen LogP contribution in [0.15, 0.2) is 12.5 Å². The van der Waals surface area contributed by atoms with Gasteiger partial charge in [0.2, 0.25) is 0 Å². The number of hydrogen-bond acceptors (Lipinski definition) is 5. The fourth-order valence-corrected chi connectivity index (χ4v) is 2.29. The average molecular weight is 348 g/mol. The van der Waals surface area contributed by atoms with Crippen molar-refractivity contribution in [3.8, 4) is 0 Å². The fourth-order valence-electron chi connectivity index (χ4n) is 1.80. The maximum Gasteiger partial charge on any atom is 0.142 e. The number of rotatable bonds is 5. The van der Waals surface area contributed by atoms with Crippen LogP contribution in [0.4, 0.5) is 5.82 Å². The molecule has 0 spiro atoms. The quantitative estimate of drug-likeness (QED) is 0.620. The lowest BCUT2D eigenvalue weighted by molar-refractivity contribution is 0.0394. The Morgan fingerprint density at radius 1 is 1.47 bits per heavy atom. The summed E-state index contributed by atoms with van der Waals surface area (Å²) >= 11 is 2.22. The van der Waals surface area contributed by atoms with E-state index < -0.39 is 0 Å². The van der Waals surface area contributed by atoms with Crippen LogP contribution in [0.3, 0.4) is 0 Å². The zero-order valence-corrected chi connectivity index (χ0v) is 11.8. The van der Waals surface area contributed by atoms with Gasteiger partial charge in [-0.05, 0) is 48.5 Å². The van der Waals surface area contributed by atoms with E-state index in [0.717, 1.165) is 48.5 Å². The van der Waals surface area contributed by atoms with Crippen LogP contribution in [-0.2, 0) is 4.74 Å². The van der Waals surface area contributed by atoms with Crippen molar-refractivity contribution >= 4 is 28.4 Å². The van der Waals surface area contributed by atoms with E-state index in [1.807, 2.05) is 0 Å². The van der Waals surface area contributed by atoms with Gasteiger partial charge in [0.15, 0.2) is 0 Å². The Balaban J connectivity index is 1.64. The van der Waals surface area contributed by atoms with E-state index >= 15 is 0 Å². The molecule has 1 fully saturated rings. The number of ether oxygens (including phenoxy) is 1. The summed E-state index contributed by atoms with van der Waals surface area (Å²) in [4.78, 5) is 8.12. The standard InChI is InChI=1S/C11H17IN4O/c12-10-7-14-8-16-11(10)15-5-6-17-9-1-3-13-4-2-9/h7-9,13H,1-6H2,(H,14,15,16). The largest absolute Gasteiger partial charge is 0.376 e. The smallest absolute Gasteiger partial charge is 0.142 e. The Kier molecular flexibility index (Phi) is 5.40. The Bertz CT molecular complexity index is 344. The number of nitrogens with zero attached hydrogens (tertiary/aromatic N) is 2. The van der Waals surface area contributed by atoms with Crippen LogP contribution in [0.1, 0.15) is 12.8 Å². The second kappa shape index (κ2) is 7.07. The van der Waals surface area contributed by atoms with Gasteiger partial charge in [-0.2, -0.15) is 0 Å². The molecule has 2 N–H and O–H groups in total. The lowest BCUT2D eigenvalue weighted by Gasteiger charge is -2.23. The molecule has 0 radical (unpaired) electrons. The molecule has 1 aromatic rings. The van der Waals surface area contributed by atoms with Crippen molar-refractivity contribution in [1.29, 1.82) is 0 Å². The summed E-state index contributed by atoms with van der Waals surface area (Å²) in [6, 6.07) is 0. The second-order valence-electron chi connectivity index (χ2n) is 3.97. The normalized spacial score (nSPS) is 17.0. The third-order valence-corrected chi connectivity index (χ3v) is 3.49. The molecule has 94 valence electrons. The molecular formula is C11H17IN4O. The molecule has 0 unspecified atom stereocenters. The third-order valence-electron chi connectivity index (χ3n) is 2.70. The summed E-state index contributed by atoms with van der Waals surface area (Å²) in [6.45, 7) is 3.66. The van der Waals surface area contributed by atoms with Gasteiger partial charge in [-0.15, -0.1) is 0 Å². The van der Waals surface area contributed by atoms with Gasteiger partial charge in [-0.1, -0.05) is 0 Å². The van der Waals surface area contributed by atoms with Gasteiger partial charge in [0.25, 0.3) is 0 Å². The maximum absolute atomic E-state index is 5.80. The number of piperidine rings is 1. The van der Waals surface area contributed by atoms with Gasteiger partial charge >= 0.3 is 0 Å². The Hall–Kier alpha value is -0.470. The van der Waals surface area contributed by atoms with Crippen LogP contribution >= 0.6 is 22.6 Å². The first-order chi connectivity index (χ1) is 8.36. The molecule has 0 saturated carbocycles. The van der Waals surface area contributed by atoms with Gasteiger partial charge in [-0.3, -0.25) is 0 Å². The summed E-state index contributed by atoms with van der Waals surface area (Å²) in [5.41, 5.74) is 0. The molecule has 2 heterocycles. The van der Waals surface area contributed by atoms with Crippen LogP contribution < -0.4 is 10.6 Å². The van der Waals surface area contributed by atoms with Crippen molar-refractivity contribution in [3.05, 3.63) is 16.1 Å². The average Bonchev–Trinajstić information content (AvgIpc) is 2.38. The summed E-state index contributed by atoms with van der Waals surface area (Å²) in [5.74, 6) is 0.884. The van der Waals surface area contributed by atoms with E-state index in [4.69, 9.17) is 4.74 Å². The molecular weight excluding hydrogens is 331 g/mol. The van der Waals surface area contributed by atoms with Gasteiger partial charge in [0, 0.05) is 12.7 Å². The van der Waals surface area contributed by atoms with Gasteiger partial charge < -0.3 is 15.4 Å². The molecule has 1 aliphatic heterocycles. The topological polar surface area (TPSA) is 59.1 Å². The van der Waals surface area contributed by atoms with Crippen molar-refractivity contribution < 1.29 is 4.74 Å². The first-order valence-corrected chi connectivity index (χ1v) is 6.96. The zero-order chi connectivity index (χ0) is 11.9. The Morgan fingerprint density at radius 3 is 3.06 bits per heavy atom. The zero-order valence-electron chi connectivity index (χ0n) is 9.66. The number of halogens is 1. The van der Waals surface area contributed by atoms with E-state index in [1.165, 1.54) is 0 Å². The summed E-state index contributed by atoms with van der Waals surface area (Å²) < 4.78 is 6.83. The molecule has 2 rings (SSSR count). The minimum Gasteiger partial charge on any atom is -0.376 e. The van der Waals surface area contributed by atoms with E-state index in [-0.39, 0.29) is 0 Å². The van der Waals surface area contributed by atoms with E-state index in [9.17, 15) is 0 Å². The molecule has 5 nitrogen and oxygen atoms in total. The first kappa shape index (κ1) is 13.0. The van der Waals surface area contributed by atoms with Crippen LogP contribution in [0, 0.1) is 3.57 Å². The lowest BCUT2D eigenvalue weighted by atomic mass is 10.1. The number of nitrogens with one attached hydrogen (secondary N) is 2. The van der Waals surface area contributed by atoms with E-state index in [0.29, 0.717) is 6.10 Å². The minimum atomic E-state index is 0.419. The summed E-state index contributed by atoms with van der Waals surface area (Å²) in [6.07, 6.45) is 6.00. The highest BCUT2D eigenvalue weighted by Crippen LogP contribution is 2.12. The summed E-state index contributed by atoms with van der Waals surface area (Å²) in [7, 11) is 0. The molecule has 6 heteroatoms. The fraction of sp³-hybridized carbons (Fsp3) is 0.636. The van der Waals surface area contributed by atoms with Crippen LogP contribution in [0.25, 0.3) is 0 Å². The van der Waals surface area contributed by atoms with Crippen molar-refractivity contribution in [2.45, 2.75) is 18.9 Å². The molecule has 1 aliphatic rings. The first-order valence-electron chi connectivity index (χ1n) is 5.88. The van der Waals surface area contributed by atoms with Crippen LogP contribution in [0.5, 0.6) is 0 Å². The molecule has 17 heavy (non-hydrogen) atoms.